The van der Waals surface area contributed by atoms with Crippen LogP contribution < -0.4 is 0 Å². The quantitative estimate of drug-likeness (QED) is 0.923. The van der Waals surface area contributed by atoms with Gasteiger partial charge in [0, 0.05) is 38.3 Å². The topological polar surface area (TPSA) is 52.5 Å². The normalized spacial score (nSPS) is 17.4. The lowest BCUT2D eigenvalue weighted by atomic mass is 10.0. The lowest BCUT2D eigenvalue weighted by Crippen LogP contribution is -2.49. The van der Waals surface area contributed by atoms with Crippen LogP contribution in [-0.4, -0.2) is 53.4 Å². The molecule has 1 saturated heterocycles. The Labute approximate surface area is 137 Å². The Bertz CT molecular complexity index is 624. The minimum Gasteiger partial charge on any atom is -0.466 e. The summed E-state index contributed by atoms with van der Waals surface area (Å²) in [6, 6.07) is 7.80. The fraction of sp³-hybridized carbons (Fsp3) is 0.500. The maximum atomic E-state index is 12.3. The molecule has 124 valence electrons. The van der Waals surface area contributed by atoms with Crippen molar-refractivity contribution in [1.82, 2.24) is 14.8 Å². The third-order valence-corrected chi connectivity index (χ3v) is 4.61. The summed E-state index contributed by atoms with van der Waals surface area (Å²) in [5.74, 6) is 2.59. The van der Waals surface area contributed by atoms with Crippen LogP contribution in [-0.2, 0) is 0 Å². The van der Waals surface area contributed by atoms with Crippen LogP contribution in [0, 0.1) is 6.92 Å². The van der Waals surface area contributed by atoms with E-state index < -0.39 is 0 Å². The first kappa shape index (κ1) is 15.9. The van der Waals surface area contributed by atoms with Crippen molar-refractivity contribution < 1.29 is 9.21 Å². The van der Waals surface area contributed by atoms with Crippen LogP contribution in [0.15, 0.2) is 34.9 Å². The fourth-order valence-corrected chi connectivity index (χ4v) is 3.05. The number of hydrogen-bond donors (Lipinski definition) is 1. The number of piperazine rings is 1. The molecule has 1 aliphatic heterocycles. The summed E-state index contributed by atoms with van der Waals surface area (Å²) in [5, 5.41) is 0. The molecule has 1 N–H and O–H groups in total. The predicted molar refractivity (Wildman–Crippen MR) is 89.6 cm³/mol. The molecule has 0 spiro atoms. The number of hydrogen-bond acceptors (Lipinski definition) is 3. The molecule has 3 rings (SSSR count). The van der Waals surface area contributed by atoms with Crippen molar-refractivity contribution in [2.24, 2.45) is 0 Å². The van der Waals surface area contributed by atoms with Gasteiger partial charge in [-0.2, -0.15) is 0 Å². The van der Waals surface area contributed by atoms with E-state index in [9.17, 15) is 4.79 Å². The number of nitrogens with one attached hydrogen (secondary N) is 1. The first-order chi connectivity index (χ1) is 11.1. The van der Waals surface area contributed by atoms with Crippen molar-refractivity contribution >= 4 is 5.91 Å². The van der Waals surface area contributed by atoms with Crippen molar-refractivity contribution in [1.29, 1.82) is 0 Å². The highest BCUT2D eigenvalue weighted by Crippen LogP contribution is 2.22. The molecule has 1 fully saturated rings. The van der Waals surface area contributed by atoms with Gasteiger partial charge in [0.15, 0.2) is 0 Å². The minimum absolute atomic E-state index is 0.106. The number of furan rings is 1. The van der Waals surface area contributed by atoms with Gasteiger partial charge in [0.05, 0.1) is 0 Å². The van der Waals surface area contributed by atoms with Gasteiger partial charge in [-0.3, -0.25) is 9.69 Å². The molecule has 1 amide bonds. The number of aryl methyl sites for hydroxylation is 1. The molecule has 2 aromatic rings. The van der Waals surface area contributed by atoms with E-state index in [1.54, 1.807) is 6.20 Å². The standard InChI is InChI=1S/C18H25N3O2/c1-14(17-6-5-15(2)23-17)7-9-20-10-12-21(13-11-20)18(22)16-4-3-8-19-16/h3-6,8,14,19H,7,9-13H2,1-2H3/t14-/m1/s1. The van der Waals surface area contributed by atoms with E-state index in [4.69, 9.17) is 4.42 Å². The highest BCUT2D eigenvalue weighted by Gasteiger charge is 2.23. The minimum atomic E-state index is 0.106. The van der Waals surface area contributed by atoms with E-state index in [0.717, 1.165) is 50.7 Å². The first-order valence-corrected chi connectivity index (χ1v) is 8.35. The van der Waals surface area contributed by atoms with Gasteiger partial charge in [0.25, 0.3) is 5.91 Å². The molecule has 1 aliphatic rings. The Hall–Kier alpha value is -2.01. The molecule has 1 atom stereocenters. The number of nitrogens with zero attached hydrogens (tertiary/aromatic N) is 2. The SMILES string of the molecule is Cc1ccc([C@H](C)CCN2CCN(C(=O)c3ccc[nH]3)CC2)o1. The molecular formula is C18H25N3O2. The van der Waals surface area contributed by atoms with Gasteiger partial charge in [-0.15, -0.1) is 0 Å². The van der Waals surface area contributed by atoms with E-state index in [2.05, 4.69) is 22.9 Å². The van der Waals surface area contributed by atoms with Crippen LogP contribution in [0.3, 0.4) is 0 Å². The van der Waals surface area contributed by atoms with E-state index in [0.29, 0.717) is 11.6 Å². The monoisotopic (exact) mass is 315 g/mol. The van der Waals surface area contributed by atoms with Gasteiger partial charge < -0.3 is 14.3 Å². The van der Waals surface area contributed by atoms with Crippen molar-refractivity contribution in [2.45, 2.75) is 26.2 Å². The number of H-pyrrole nitrogens is 1. The van der Waals surface area contributed by atoms with Crippen molar-refractivity contribution in [2.75, 3.05) is 32.7 Å². The van der Waals surface area contributed by atoms with Crippen molar-refractivity contribution in [3.63, 3.8) is 0 Å². The largest absolute Gasteiger partial charge is 0.466 e. The van der Waals surface area contributed by atoms with E-state index in [1.165, 1.54) is 0 Å². The Morgan fingerprint density at radius 3 is 2.65 bits per heavy atom. The van der Waals surface area contributed by atoms with Crippen LogP contribution in [0.2, 0.25) is 0 Å². The number of rotatable bonds is 5. The molecule has 5 nitrogen and oxygen atoms in total. The molecular weight excluding hydrogens is 290 g/mol. The number of aromatic nitrogens is 1. The third kappa shape index (κ3) is 3.85. The Kier molecular flexibility index (Phi) is 4.86. The van der Waals surface area contributed by atoms with Gasteiger partial charge in [0.2, 0.25) is 0 Å². The number of amides is 1. The van der Waals surface area contributed by atoms with Gasteiger partial charge in [-0.05, 0) is 44.2 Å². The van der Waals surface area contributed by atoms with Gasteiger partial charge in [0.1, 0.15) is 17.2 Å². The van der Waals surface area contributed by atoms with E-state index in [1.807, 2.05) is 30.0 Å². The molecule has 2 aromatic heterocycles. The molecule has 0 aliphatic carbocycles. The summed E-state index contributed by atoms with van der Waals surface area (Å²) in [6.45, 7) is 8.72. The second-order valence-corrected chi connectivity index (χ2v) is 6.36. The summed E-state index contributed by atoms with van der Waals surface area (Å²) >= 11 is 0. The zero-order valence-electron chi connectivity index (χ0n) is 13.9. The summed E-state index contributed by atoms with van der Waals surface area (Å²) in [7, 11) is 0. The zero-order valence-corrected chi connectivity index (χ0v) is 13.9. The summed E-state index contributed by atoms with van der Waals surface area (Å²) < 4.78 is 5.70. The zero-order chi connectivity index (χ0) is 16.2. The molecule has 0 aromatic carbocycles. The Balaban J connectivity index is 1.43. The van der Waals surface area contributed by atoms with Crippen LogP contribution >= 0.6 is 0 Å². The molecule has 0 saturated carbocycles. The Morgan fingerprint density at radius 1 is 1.26 bits per heavy atom. The summed E-state index contributed by atoms with van der Waals surface area (Å²) in [4.78, 5) is 19.6. The number of carbonyl (C=O) groups is 1. The maximum absolute atomic E-state index is 12.3. The molecule has 3 heterocycles. The predicted octanol–water partition coefficient (Wildman–Crippen LogP) is 2.87. The van der Waals surface area contributed by atoms with Crippen LogP contribution in [0.1, 0.15) is 41.3 Å². The van der Waals surface area contributed by atoms with Gasteiger partial charge in [-0.1, -0.05) is 6.92 Å². The summed E-state index contributed by atoms with van der Waals surface area (Å²) in [5.41, 5.74) is 0.681. The van der Waals surface area contributed by atoms with Gasteiger partial charge in [-0.25, -0.2) is 0 Å². The molecule has 0 unspecified atom stereocenters. The average Bonchev–Trinajstić information content (AvgIpc) is 3.24. The Morgan fingerprint density at radius 2 is 2.04 bits per heavy atom. The third-order valence-electron chi connectivity index (χ3n) is 4.61. The summed E-state index contributed by atoms with van der Waals surface area (Å²) in [6.07, 6.45) is 2.87. The van der Waals surface area contributed by atoms with Gasteiger partial charge >= 0.3 is 0 Å². The second kappa shape index (κ2) is 7.04. The van der Waals surface area contributed by atoms with Crippen LogP contribution in [0.5, 0.6) is 0 Å². The highest BCUT2D eigenvalue weighted by molar-refractivity contribution is 5.92. The van der Waals surface area contributed by atoms with Crippen LogP contribution in [0.25, 0.3) is 0 Å². The van der Waals surface area contributed by atoms with Crippen molar-refractivity contribution in [3.8, 4) is 0 Å². The molecule has 23 heavy (non-hydrogen) atoms. The smallest absolute Gasteiger partial charge is 0.270 e. The number of carbonyl (C=O) groups excluding carboxylic acids is 1. The lowest BCUT2D eigenvalue weighted by Gasteiger charge is -2.34. The van der Waals surface area contributed by atoms with E-state index in [-0.39, 0.29) is 5.91 Å². The fourth-order valence-electron chi connectivity index (χ4n) is 3.05. The van der Waals surface area contributed by atoms with Crippen LogP contribution in [0.4, 0.5) is 0 Å². The average molecular weight is 315 g/mol. The second-order valence-electron chi connectivity index (χ2n) is 6.36. The first-order valence-electron chi connectivity index (χ1n) is 8.35. The van der Waals surface area contributed by atoms with E-state index >= 15 is 0 Å². The maximum Gasteiger partial charge on any atom is 0.270 e. The molecule has 0 radical (unpaired) electrons. The molecule has 0 bridgehead atoms. The van der Waals surface area contributed by atoms with Crippen molar-refractivity contribution in [3.05, 3.63) is 47.7 Å². The molecule has 5 heteroatoms. The highest BCUT2D eigenvalue weighted by atomic mass is 16.3. The lowest BCUT2D eigenvalue weighted by molar-refractivity contribution is 0.0628. The number of aromatic amines is 1.